The lowest BCUT2D eigenvalue weighted by atomic mass is 9.93. The number of rotatable bonds is 2. The lowest BCUT2D eigenvalue weighted by Crippen LogP contribution is -2.40. The molecule has 1 aromatic carbocycles. The molecule has 1 aliphatic rings. The van der Waals surface area contributed by atoms with Gasteiger partial charge in [-0.05, 0) is 38.0 Å². The van der Waals surface area contributed by atoms with E-state index in [4.69, 9.17) is 10.5 Å². The standard InChI is InChI=1S/C13H18N4O/c1-13(4-6-18-7-5-13)17-12-15-10-3-2-9(14)8-11(10)16-12/h2-3,8H,4-7,14H2,1H3,(H2,15,16,17). The van der Waals surface area contributed by atoms with Crippen LogP contribution in [0, 0.1) is 0 Å². The molecule has 18 heavy (non-hydrogen) atoms. The maximum Gasteiger partial charge on any atom is 0.201 e. The minimum atomic E-state index is 0.0532. The van der Waals surface area contributed by atoms with Crippen LogP contribution in [-0.4, -0.2) is 28.7 Å². The van der Waals surface area contributed by atoms with E-state index in [2.05, 4.69) is 22.2 Å². The Kier molecular flexibility index (Phi) is 2.63. The highest BCUT2D eigenvalue weighted by atomic mass is 16.5. The lowest BCUT2D eigenvalue weighted by molar-refractivity contribution is 0.0656. The summed E-state index contributed by atoms with van der Waals surface area (Å²) in [5.74, 6) is 0.806. The van der Waals surface area contributed by atoms with Gasteiger partial charge in [-0.15, -0.1) is 0 Å². The second-order valence-corrected chi connectivity index (χ2v) is 5.16. The second-order valence-electron chi connectivity index (χ2n) is 5.16. The van der Waals surface area contributed by atoms with E-state index in [1.54, 1.807) is 0 Å². The van der Waals surface area contributed by atoms with Gasteiger partial charge in [-0.3, -0.25) is 0 Å². The molecule has 1 aromatic heterocycles. The molecule has 1 fully saturated rings. The molecule has 0 aliphatic carbocycles. The predicted molar refractivity (Wildman–Crippen MR) is 72.6 cm³/mol. The molecule has 1 aliphatic heterocycles. The number of benzene rings is 1. The Hall–Kier alpha value is -1.75. The topological polar surface area (TPSA) is 76.0 Å². The molecule has 0 atom stereocenters. The van der Waals surface area contributed by atoms with Crippen LogP contribution in [-0.2, 0) is 4.74 Å². The van der Waals surface area contributed by atoms with Crippen LogP contribution in [0.25, 0.3) is 11.0 Å². The van der Waals surface area contributed by atoms with Crippen LogP contribution in [0.5, 0.6) is 0 Å². The minimum Gasteiger partial charge on any atom is -0.399 e. The van der Waals surface area contributed by atoms with E-state index in [-0.39, 0.29) is 5.54 Å². The largest absolute Gasteiger partial charge is 0.399 e. The number of hydrogen-bond acceptors (Lipinski definition) is 4. The van der Waals surface area contributed by atoms with E-state index < -0.39 is 0 Å². The van der Waals surface area contributed by atoms with E-state index in [0.29, 0.717) is 0 Å². The highest BCUT2D eigenvalue weighted by molar-refractivity contribution is 5.80. The van der Waals surface area contributed by atoms with Gasteiger partial charge in [-0.2, -0.15) is 0 Å². The number of aromatic nitrogens is 2. The van der Waals surface area contributed by atoms with Crippen LogP contribution in [0.2, 0.25) is 0 Å². The summed E-state index contributed by atoms with van der Waals surface area (Å²) in [6.45, 7) is 3.81. The van der Waals surface area contributed by atoms with E-state index in [1.807, 2.05) is 18.2 Å². The van der Waals surface area contributed by atoms with Crippen molar-refractivity contribution >= 4 is 22.7 Å². The molecule has 4 N–H and O–H groups in total. The number of H-pyrrole nitrogens is 1. The molecule has 0 saturated carbocycles. The number of aromatic amines is 1. The molecule has 0 spiro atoms. The summed E-state index contributed by atoms with van der Waals surface area (Å²) in [5.41, 5.74) is 8.46. The van der Waals surface area contributed by atoms with Crippen molar-refractivity contribution in [2.75, 3.05) is 24.3 Å². The monoisotopic (exact) mass is 246 g/mol. The normalized spacial score (nSPS) is 18.9. The molecule has 2 heterocycles. The van der Waals surface area contributed by atoms with Crippen molar-refractivity contribution in [3.05, 3.63) is 18.2 Å². The van der Waals surface area contributed by atoms with Crippen molar-refractivity contribution in [3.63, 3.8) is 0 Å². The molecular weight excluding hydrogens is 228 g/mol. The third kappa shape index (κ3) is 2.13. The zero-order valence-electron chi connectivity index (χ0n) is 10.5. The van der Waals surface area contributed by atoms with Crippen LogP contribution in [0.3, 0.4) is 0 Å². The van der Waals surface area contributed by atoms with E-state index >= 15 is 0 Å². The Morgan fingerprint density at radius 2 is 2.17 bits per heavy atom. The third-order valence-corrected chi connectivity index (χ3v) is 3.52. The molecule has 2 aromatic rings. The Morgan fingerprint density at radius 3 is 2.94 bits per heavy atom. The number of imidazole rings is 1. The number of ether oxygens (including phenoxy) is 1. The molecule has 0 bridgehead atoms. The zero-order chi connectivity index (χ0) is 12.6. The van der Waals surface area contributed by atoms with Gasteiger partial charge < -0.3 is 20.8 Å². The molecule has 0 radical (unpaired) electrons. The molecule has 96 valence electrons. The molecule has 3 rings (SSSR count). The van der Waals surface area contributed by atoms with Crippen LogP contribution in [0.4, 0.5) is 11.6 Å². The summed E-state index contributed by atoms with van der Waals surface area (Å²) in [4.78, 5) is 7.80. The first kappa shape index (κ1) is 11.3. The highest BCUT2D eigenvalue weighted by Gasteiger charge is 2.27. The van der Waals surface area contributed by atoms with Gasteiger partial charge in [0.2, 0.25) is 5.95 Å². The fraction of sp³-hybridized carbons (Fsp3) is 0.462. The van der Waals surface area contributed by atoms with Gasteiger partial charge in [0.15, 0.2) is 0 Å². The Bertz CT molecular complexity index is 557. The number of nitrogens with one attached hydrogen (secondary N) is 2. The number of fused-ring (bicyclic) bond motifs is 1. The van der Waals surface area contributed by atoms with E-state index in [9.17, 15) is 0 Å². The van der Waals surface area contributed by atoms with Gasteiger partial charge in [0, 0.05) is 24.4 Å². The maximum absolute atomic E-state index is 5.76. The zero-order valence-corrected chi connectivity index (χ0v) is 10.5. The summed E-state index contributed by atoms with van der Waals surface area (Å²) < 4.78 is 5.39. The van der Waals surface area contributed by atoms with Crippen LogP contribution in [0.1, 0.15) is 19.8 Å². The molecular formula is C13H18N4O. The van der Waals surface area contributed by atoms with Crippen molar-refractivity contribution < 1.29 is 4.74 Å². The quantitative estimate of drug-likeness (QED) is 0.709. The molecule has 0 amide bonds. The van der Waals surface area contributed by atoms with Crippen molar-refractivity contribution in [2.24, 2.45) is 0 Å². The number of nitrogen functional groups attached to an aromatic ring is 1. The number of anilines is 2. The Balaban J connectivity index is 1.86. The van der Waals surface area contributed by atoms with Crippen LogP contribution < -0.4 is 11.1 Å². The van der Waals surface area contributed by atoms with Gasteiger partial charge in [-0.25, -0.2) is 4.98 Å². The fourth-order valence-corrected chi connectivity index (χ4v) is 2.32. The van der Waals surface area contributed by atoms with Gasteiger partial charge in [0.1, 0.15) is 0 Å². The number of hydrogen-bond donors (Lipinski definition) is 3. The number of nitrogens with two attached hydrogens (primary N) is 1. The van der Waals surface area contributed by atoms with Crippen molar-refractivity contribution in [3.8, 4) is 0 Å². The molecule has 0 unspecified atom stereocenters. The third-order valence-electron chi connectivity index (χ3n) is 3.52. The summed E-state index contributed by atoms with van der Waals surface area (Å²) in [5, 5.41) is 3.48. The first-order chi connectivity index (χ1) is 8.65. The predicted octanol–water partition coefficient (Wildman–Crippen LogP) is 2.13. The lowest BCUT2D eigenvalue weighted by Gasteiger charge is -2.34. The minimum absolute atomic E-state index is 0.0532. The summed E-state index contributed by atoms with van der Waals surface area (Å²) in [6.07, 6.45) is 1.98. The van der Waals surface area contributed by atoms with Gasteiger partial charge in [0.05, 0.1) is 11.0 Å². The maximum atomic E-state index is 5.76. The Morgan fingerprint density at radius 1 is 1.39 bits per heavy atom. The average molecular weight is 246 g/mol. The fourth-order valence-electron chi connectivity index (χ4n) is 2.32. The van der Waals surface area contributed by atoms with Crippen molar-refractivity contribution in [1.82, 2.24) is 9.97 Å². The van der Waals surface area contributed by atoms with Crippen molar-refractivity contribution in [1.29, 1.82) is 0 Å². The van der Waals surface area contributed by atoms with E-state index in [1.165, 1.54) is 0 Å². The van der Waals surface area contributed by atoms with Crippen LogP contribution >= 0.6 is 0 Å². The van der Waals surface area contributed by atoms with E-state index in [0.717, 1.165) is 48.7 Å². The van der Waals surface area contributed by atoms with Gasteiger partial charge in [0.25, 0.3) is 0 Å². The SMILES string of the molecule is CC1(Nc2nc3ccc(N)cc3[nH]2)CCOCC1. The Labute approximate surface area is 106 Å². The summed E-state index contributed by atoms with van der Waals surface area (Å²) >= 11 is 0. The van der Waals surface area contributed by atoms with Gasteiger partial charge >= 0.3 is 0 Å². The first-order valence-corrected chi connectivity index (χ1v) is 6.26. The summed E-state index contributed by atoms with van der Waals surface area (Å²) in [7, 11) is 0. The first-order valence-electron chi connectivity index (χ1n) is 6.26. The molecule has 1 saturated heterocycles. The second kappa shape index (κ2) is 4.17. The average Bonchev–Trinajstić information content (AvgIpc) is 2.70. The van der Waals surface area contributed by atoms with Crippen molar-refractivity contribution in [2.45, 2.75) is 25.3 Å². The van der Waals surface area contributed by atoms with Gasteiger partial charge in [-0.1, -0.05) is 0 Å². The molecule has 5 nitrogen and oxygen atoms in total. The van der Waals surface area contributed by atoms with Crippen LogP contribution in [0.15, 0.2) is 18.2 Å². The highest BCUT2D eigenvalue weighted by Crippen LogP contribution is 2.25. The molecule has 5 heteroatoms. The number of nitrogens with zero attached hydrogens (tertiary/aromatic N) is 1. The summed E-state index contributed by atoms with van der Waals surface area (Å²) in [6, 6.07) is 5.70. The smallest absolute Gasteiger partial charge is 0.201 e.